The molecule has 0 aliphatic rings. The Morgan fingerprint density at radius 1 is 1.22 bits per heavy atom. The maximum atomic E-state index is 12.0. The van der Waals surface area contributed by atoms with Crippen LogP contribution >= 0.6 is 31.2 Å². The van der Waals surface area contributed by atoms with Crippen LogP contribution in [0.4, 0.5) is 9.93 Å². The van der Waals surface area contributed by atoms with Gasteiger partial charge in [-0.25, -0.2) is 4.79 Å². The number of hydrogen-bond acceptors (Lipinski definition) is 8. The van der Waals surface area contributed by atoms with Gasteiger partial charge in [-0.2, -0.15) is 0 Å². The number of carbonyl (C=O) groups excluding carboxylic acids is 1. The van der Waals surface area contributed by atoms with Crippen LogP contribution in [0.1, 0.15) is 30.3 Å². The van der Waals surface area contributed by atoms with Crippen molar-refractivity contribution in [3.63, 3.8) is 0 Å². The minimum absolute atomic E-state index is 0.0967. The van der Waals surface area contributed by atoms with Crippen LogP contribution in [-0.2, 0) is 0 Å². The molecule has 0 atom stereocenters. The zero-order valence-electron chi connectivity index (χ0n) is 21.4. The van der Waals surface area contributed by atoms with Crippen LogP contribution in [0.25, 0.3) is 21.8 Å². The fourth-order valence-corrected chi connectivity index (χ4v) is 7.40. The third-order valence-electron chi connectivity index (χ3n) is 5.18. The molecule has 0 aliphatic carbocycles. The first-order valence-electron chi connectivity index (χ1n) is 11.6. The van der Waals surface area contributed by atoms with E-state index in [1.165, 1.54) is 22.2 Å². The molecule has 0 fully saturated rings. The molecule has 2 heterocycles. The normalized spacial score (nSPS) is 11.0. The second kappa shape index (κ2) is 13.4. The van der Waals surface area contributed by atoms with Gasteiger partial charge in [0, 0.05) is 6.54 Å². The number of hydrogen-bond donors (Lipinski definition) is 4. The summed E-state index contributed by atoms with van der Waals surface area (Å²) in [6.45, 7) is 10.2. The van der Waals surface area contributed by atoms with E-state index in [1.807, 2.05) is 32.0 Å². The summed E-state index contributed by atoms with van der Waals surface area (Å²) >= 11 is 0.208. The van der Waals surface area contributed by atoms with Gasteiger partial charge in [0.05, 0.1) is 0 Å². The molecule has 0 unspecified atom stereocenters. The van der Waals surface area contributed by atoms with Crippen molar-refractivity contribution >= 4 is 54.2 Å². The Bertz CT molecular complexity index is 1280. The molecule has 0 aliphatic heterocycles. The number of amides is 2. The minimum atomic E-state index is -1.05. The molecule has 0 bridgehead atoms. The first kappa shape index (κ1) is 28.4. The van der Waals surface area contributed by atoms with Gasteiger partial charge in [0.15, 0.2) is 0 Å². The van der Waals surface area contributed by atoms with Crippen molar-refractivity contribution in [3.05, 3.63) is 54.0 Å². The van der Waals surface area contributed by atoms with E-state index < -0.39 is 19.8 Å². The predicted octanol–water partition coefficient (Wildman–Crippen LogP) is 6.09. The van der Waals surface area contributed by atoms with E-state index in [1.54, 1.807) is 12.3 Å². The Morgan fingerprint density at radius 2 is 1.92 bits per heavy atom. The van der Waals surface area contributed by atoms with E-state index in [0.29, 0.717) is 27.9 Å². The van der Waals surface area contributed by atoms with Crippen molar-refractivity contribution in [2.75, 3.05) is 25.8 Å². The Kier molecular flexibility index (Phi) is 10.3. The van der Waals surface area contributed by atoms with Crippen LogP contribution in [0.2, 0.25) is 0 Å². The molecule has 3 rings (SSSR count). The van der Waals surface area contributed by atoms with Crippen LogP contribution < -0.4 is 15.4 Å². The second-order valence-electron chi connectivity index (χ2n) is 8.27. The average molecular weight is 634 g/mol. The van der Waals surface area contributed by atoms with Crippen molar-refractivity contribution in [2.24, 2.45) is 0 Å². The molecule has 196 valence electrons. The number of benzene rings is 1. The van der Waals surface area contributed by atoms with Crippen molar-refractivity contribution in [1.82, 2.24) is 20.3 Å². The van der Waals surface area contributed by atoms with Gasteiger partial charge in [0.25, 0.3) is 0 Å². The molecule has 2 amide bonds. The van der Waals surface area contributed by atoms with Crippen LogP contribution in [0.3, 0.4) is 0 Å². The van der Waals surface area contributed by atoms with E-state index in [9.17, 15) is 4.79 Å². The van der Waals surface area contributed by atoms with E-state index in [-0.39, 0.29) is 17.6 Å². The molecule has 4 N–H and O–H groups in total. The van der Waals surface area contributed by atoms with Gasteiger partial charge in [-0.05, 0) is 0 Å². The Labute approximate surface area is 228 Å². The summed E-state index contributed by atoms with van der Waals surface area (Å²) in [7, 11) is 0. The molecule has 11 heteroatoms. The number of halogens is 1. The number of aryl methyl sites for hydroxylation is 2. The molecule has 0 saturated carbocycles. The molecule has 2 aromatic heterocycles. The number of anilines is 1. The van der Waals surface area contributed by atoms with E-state index in [2.05, 4.69) is 44.0 Å². The van der Waals surface area contributed by atoms with E-state index in [0.717, 1.165) is 33.3 Å². The van der Waals surface area contributed by atoms with Gasteiger partial charge >= 0.3 is 195 Å². The van der Waals surface area contributed by atoms with E-state index in [4.69, 9.17) is 15.6 Å². The van der Waals surface area contributed by atoms with E-state index >= 15 is 0 Å². The second-order valence-corrected chi connectivity index (χ2v) is 15.1. The number of alkyl halides is 3. The van der Waals surface area contributed by atoms with Crippen LogP contribution in [-0.4, -0.2) is 53.4 Å². The predicted molar refractivity (Wildman–Crippen MR) is 161 cm³/mol. The topological polar surface area (TPSA) is 137 Å². The fraction of sp³-hybridized carbons (Fsp3) is 0.308. The Morgan fingerprint density at radius 3 is 2.57 bits per heavy atom. The molecule has 0 saturated heterocycles. The van der Waals surface area contributed by atoms with Crippen LogP contribution in [0, 0.1) is 24.7 Å². The number of carbonyl (C=O) groups is 1. The Balaban J connectivity index is 1.96. The summed E-state index contributed by atoms with van der Waals surface area (Å²) in [5.74, 6) is 1.00. The first-order valence-corrected chi connectivity index (χ1v) is 17.6. The molecule has 9 nitrogen and oxygen atoms in total. The molecular formula is C26H32IN7O2S. The fourth-order valence-electron chi connectivity index (χ4n) is 3.59. The molecular weight excluding hydrogens is 601 g/mol. The number of nitrogens with one attached hydrogen (secondary N) is 4. The number of rotatable bonds is 12. The maximum absolute atomic E-state index is 12.0. The van der Waals surface area contributed by atoms with Crippen LogP contribution in [0.15, 0.2) is 37.1 Å². The van der Waals surface area contributed by atoms with Crippen molar-refractivity contribution < 1.29 is 9.53 Å². The Hall–Kier alpha value is -3.19. The first-order chi connectivity index (χ1) is 17.7. The van der Waals surface area contributed by atoms with Gasteiger partial charge in [-0.1, -0.05) is 6.08 Å². The van der Waals surface area contributed by atoms with Gasteiger partial charge in [-0.3, -0.25) is 5.32 Å². The monoisotopic (exact) mass is 633 g/mol. The van der Waals surface area contributed by atoms with Gasteiger partial charge in [0.2, 0.25) is 0 Å². The summed E-state index contributed by atoms with van der Waals surface area (Å²) in [5.41, 5.74) is 4.05. The average Bonchev–Trinajstić information content (AvgIpc) is 3.33. The van der Waals surface area contributed by atoms with Gasteiger partial charge in [0.1, 0.15) is 0 Å². The third kappa shape index (κ3) is 7.65. The van der Waals surface area contributed by atoms with Gasteiger partial charge in [-0.15, -0.1) is 6.58 Å². The van der Waals surface area contributed by atoms with Crippen molar-refractivity contribution in [3.8, 4) is 27.6 Å². The molecule has 0 radical (unpaired) electrons. The SMILES string of the molecule is C=CCNC(=O)Nc1ncc(-c2cc(-c3c(C)cc(OCI(C)CCC)cc3C)nc(C(=N)C=N)n2)s1. The zero-order chi connectivity index (χ0) is 26.9. The number of urea groups is 1. The van der Waals surface area contributed by atoms with Crippen molar-refractivity contribution in [2.45, 2.75) is 27.2 Å². The molecule has 1 aromatic carbocycles. The van der Waals surface area contributed by atoms with Crippen LogP contribution in [0.5, 0.6) is 5.75 Å². The summed E-state index contributed by atoms with van der Waals surface area (Å²) in [4.78, 5) is 28.4. The zero-order valence-corrected chi connectivity index (χ0v) is 24.4. The van der Waals surface area contributed by atoms with Gasteiger partial charge < -0.3 is 5.32 Å². The quantitative estimate of drug-likeness (QED) is 0.0828. The number of thiazole rings is 1. The molecule has 0 spiro atoms. The number of ether oxygens (including phenoxy) is 1. The summed E-state index contributed by atoms with van der Waals surface area (Å²) in [6, 6.07) is 5.52. The summed E-state index contributed by atoms with van der Waals surface area (Å²) < 4.78 is 8.22. The van der Waals surface area contributed by atoms with Crippen molar-refractivity contribution in [1.29, 1.82) is 10.8 Å². The summed E-state index contributed by atoms with van der Waals surface area (Å²) in [5, 5.41) is 21.4. The summed E-state index contributed by atoms with van der Waals surface area (Å²) in [6.07, 6.45) is 5.33. The molecule has 37 heavy (non-hydrogen) atoms. The standard InChI is InChI=1S/C26H32IN7O2S/c1-6-8-27(5)15-36-18-10-16(3)23(17(4)11-18)21-12-20(32-24(33-21)19(29)13-28)22-14-31-26(37-22)34-25(35)30-9-7-2/h7,10-14,28-29H,2,6,8-9,15H2,1,3-5H3,(H2,30,31,34,35). The number of nitrogens with zero attached hydrogens (tertiary/aromatic N) is 3. The number of aromatic nitrogens is 3. The molecule has 3 aromatic rings. The third-order valence-corrected chi connectivity index (χ3v) is 10.4.